The molecule has 1 aliphatic heterocycles. The number of halogens is 2. The summed E-state index contributed by atoms with van der Waals surface area (Å²) in [4.78, 5) is 26.2. The van der Waals surface area contributed by atoms with Gasteiger partial charge in [0.1, 0.15) is 10.8 Å². The van der Waals surface area contributed by atoms with Crippen molar-refractivity contribution in [3.8, 4) is 5.75 Å². The van der Waals surface area contributed by atoms with Crippen LogP contribution in [0.2, 0.25) is 5.02 Å². The Bertz CT molecular complexity index is 844. The predicted octanol–water partition coefficient (Wildman–Crippen LogP) is 4.26. The number of nitrogens with zero attached hydrogens (tertiary/aromatic N) is 1. The van der Waals surface area contributed by atoms with Crippen molar-refractivity contribution in [2.24, 2.45) is 0 Å². The molecule has 0 saturated heterocycles. The molecule has 0 N–H and O–H groups in total. The molecule has 1 aliphatic rings. The SMILES string of the molecule is CCOc1ccc(C2=C(Cl)C(=O)N(c3cccc(Cl)c3)C2=O)cc1. The van der Waals surface area contributed by atoms with Crippen LogP contribution in [0.25, 0.3) is 5.57 Å². The van der Waals surface area contributed by atoms with E-state index in [1.165, 1.54) is 0 Å². The van der Waals surface area contributed by atoms with E-state index in [1.807, 2.05) is 6.92 Å². The molecule has 0 spiro atoms. The van der Waals surface area contributed by atoms with E-state index in [0.717, 1.165) is 4.90 Å². The number of carbonyl (C=O) groups excluding carboxylic acids is 2. The zero-order chi connectivity index (χ0) is 17.3. The number of carbonyl (C=O) groups is 2. The van der Waals surface area contributed by atoms with Crippen LogP contribution in [0.4, 0.5) is 5.69 Å². The Morgan fingerprint density at radius 3 is 2.33 bits per heavy atom. The van der Waals surface area contributed by atoms with Gasteiger partial charge in [-0.05, 0) is 42.8 Å². The first kappa shape index (κ1) is 16.6. The lowest BCUT2D eigenvalue weighted by Crippen LogP contribution is -2.31. The fourth-order valence-electron chi connectivity index (χ4n) is 2.49. The maximum Gasteiger partial charge on any atom is 0.277 e. The van der Waals surface area contributed by atoms with Gasteiger partial charge in [0, 0.05) is 5.02 Å². The van der Waals surface area contributed by atoms with E-state index in [9.17, 15) is 9.59 Å². The summed E-state index contributed by atoms with van der Waals surface area (Å²) in [5, 5.41) is 0.322. The topological polar surface area (TPSA) is 46.6 Å². The van der Waals surface area contributed by atoms with Crippen LogP contribution >= 0.6 is 23.2 Å². The highest BCUT2D eigenvalue weighted by Gasteiger charge is 2.39. The van der Waals surface area contributed by atoms with Gasteiger partial charge in [0.05, 0.1) is 17.9 Å². The minimum atomic E-state index is -0.562. The zero-order valence-electron chi connectivity index (χ0n) is 12.8. The zero-order valence-corrected chi connectivity index (χ0v) is 14.3. The van der Waals surface area contributed by atoms with Gasteiger partial charge in [-0.1, -0.05) is 41.4 Å². The Morgan fingerprint density at radius 2 is 1.71 bits per heavy atom. The summed E-state index contributed by atoms with van der Waals surface area (Å²) >= 11 is 12.1. The van der Waals surface area contributed by atoms with Crippen molar-refractivity contribution >= 4 is 46.3 Å². The second kappa shape index (κ2) is 6.67. The first-order valence-corrected chi connectivity index (χ1v) is 8.06. The van der Waals surface area contributed by atoms with Crippen molar-refractivity contribution in [3.63, 3.8) is 0 Å². The van der Waals surface area contributed by atoms with Crippen molar-refractivity contribution in [2.45, 2.75) is 6.92 Å². The van der Waals surface area contributed by atoms with E-state index in [4.69, 9.17) is 27.9 Å². The van der Waals surface area contributed by atoms with Crippen molar-refractivity contribution in [1.29, 1.82) is 0 Å². The maximum absolute atomic E-state index is 12.7. The van der Waals surface area contributed by atoms with Crippen molar-refractivity contribution < 1.29 is 14.3 Å². The molecule has 0 aromatic heterocycles. The molecule has 0 bridgehead atoms. The molecule has 4 nitrogen and oxygen atoms in total. The summed E-state index contributed by atoms with van der Waals surface area (Å²) in [6.07, 6.45) is 0. The standard InChI is InChI=1S/C18H13Cl2NO3/c1-2-24-14-8-6-11(7-9-14)15-16(20)18(23)21(17(15)22)13-5-3-4-12(19)10-13/h3-10H,2H2,1H3. The Hall–Kier alpha value is -2.30. The number of amides is 2. The number of ether oxygens (including phenoxy) is 1. The number of anilines is 1. The molecule has 0 atom stereocenters. The van der Waals surface area contributed by atoms with Crippen LogP contribution in [0.5, 0.6) is 5.75 Å². The Balaban J connectivity index is 1.97. The van der Waals surface area contributed by atoms with Crippen LogP contribution in [0, 0.1) is 0 Å². The van der Waals surface area contributed by atoms with Gasteiger partial charge in [0.15, 0.2) is 0 Å². The largest absolute Gasteiger partial charge is 0.494 e. The van der Waals surface area contributed by atoms with Gasteiger partial charge in [-0.15, -0.1) is 0 Å². The average molecular weight is 362 g/mol. The molecule has 2 amide bonds. The molecule has 2 aromatic carbocycles. The molecule has 122 valence electrons. The molecule has 0 saturated carbocycles. The fraction of sp³-hybridized carbons (Fsp3) is 0.111. The highest BCUT2D eigenvalue weighted by Crippen LogP contribution is 2.35. The molecular formula is C18H13Cl2NO3. The quantitative estimate of drug-likeness (QED) is 0.764. The van der Waals surface area contributed by atoms with Crippen LogP contribution < -0.4 is 9.64 Å². The number of rotatable bonds is 4. The van der Waals surface area contributed by atoms with E-state index in [-0.39, 0.29) is 10.6 Å². The molecule has 0 radical (unpaired) electrons. The van der Waals surface area contributed by atoms with E-state index < -0.39 is 11.8 Å². The van der Waals surface area contributed by atoms with E-state index >= 15 is 0 Å². The van der Waals surface area contributed by atoms with Crippen molar-refractivity contribution in [1.82, 2.24) is 0 Å². The van der Waals surface area contributed by atoms with Gasteiger partial charge in [-0.2, -0.15) is 0 Å². The third-order valence-electron chi connectivity index (χ3n) is 3.55. The Morgan fingerprint density at radius 1 is 1.00 bits per heavy atom. The molecule has 24 heavy (non-hydrogen) atoms. The first-order valence-electron chi connectivity index (χ1n) is 7.30. The lowest BCUT2D eigenvalue weighted by atomic mass is 10.1. The summed E-state index contributed by atoms with van der Waals surface area (Å²) in [6.45, 7) is 2.43. The van der Waals surface area contributed by atoms with Gasteiger partial charge < -0.3 is 4.74 Å². The highest BCUT2D eigenvalue weighted by molar-refractivity contribution is 6.60. The molecule has 0 aliphatic carbocycles. The van der Waals surface area contributed by atoms with Crippen LogP contribution in [0.15, 0.2) is 53.6 Å². The lowest BCUT2D eigenvalue weighted by molar-refractivity contribution is -0.119. The van der Waals surface area contributed by atoms with Crippen molar-refractivity contribution in [3.05, 3.63) is 64.1 Å². The third-order valence-corrected chi connectivity index (χ3v) is 4.13. The summed E-state index contributed by atoms with van der Waals surface area (Å²) in [6, 6.07) is 13.4. The monoisotopic (exact) mass is 361 g/mol. The van der Waals surface area contributed by atoms with Crippen LogP contribution in [-0.2, 0) is 9.59 Å². The smallest absolute Gasteiger partial charge is 0.277 e. The van der Waals surface area contributed by atoms with Gasteiger partial charge in [-0.3, -0.25) is 9.59 Å². The Kier molecular flexibility index (Phi) is 4.60. The third kappa shape index (κ3) is 2.90. The summed E-state index contributed by atoms with van der Waals surface area (Å²) in [5.74, 6) is -0.356. The summed E-state index contributed by atoms with van der Waals surface area (Å²) in [5.41, 5.74) is 1.12. The Labute approximate surface area is 149 Å². The number of hydrogen-bond acceptors (Lipinski definition) is 3. The molecule has 3 rings (SSSR count). The van der Waals surface area contributed by atoms with Gasteiger partial charge >= 0.3 is 0 Å². The van der Waals surface area contributed by atoms with Crippen molar-refractivity contribution in [2.75, 3.05) is 11.5 Å². The van der Waals surface area contributed by atoms with E-state index in [2.05, 4.69) is 0 Å². The highest BCUT2D eigenvalue weighted by atomic mass is 35.5. The second-order valence-corrected chi connectivity index (χ2v) is 5.89. The molecule has 1 heterocycles. The normalized spacial score (nSPS) is 14.5. The molecule has 6 heteroatoms. The van der Waals surface area contributed by atoms with Gasteiger partial charge in [0.2, 0.25) is 0 Å². The minimum absolute atomic E-state index is 0.107. The number of benzene rings is 2. The van der Waals surface area contributed by atoms with Gasteiger partial charge in [0.25, 0.3) is 11.8 Å². The summed E-state index contributed by atoms with van der Waals surface area (Å²) < 4.78 is 5.38. The van der Waals surface area contributed by atoms with E-state index in [1.54, 1.807) is 48.5 Å². The maximum atomic E-state index is 12.7. The number of imide groups is 1. The average Bonchev–Trinajstić information content (AvgIpc) is 2.78. The first-order chi connectivity index (χ1) is 11.5. The van der Waals surface area contributed by atoms with E-state index in [0.29, 0.717) is 28.6 Å². The predicted molar refractivity (Wildman–Crippen MR) is 94.3 cm³/mol. The minimum Gasteiger partial charge on any atom is -0.494 e. The second-order valence-electron chi connectivity index (χ2n) is 5.07. The molecule has 0 fully saturated rings. The summed E-state index contributed by atoms with van der Waals surface area (Å²) in [7, 11) is 0. The van der Waals surface area contributed by atoms with Crippen LogP contribution in [-0.4, -0.2) is 18.4 Å². The molecular weight excluding hydrogens is 349 g/mol. The molecule has 0 unspecified atom stereocenters. The van der Waals surface area contributed by atoms with Crippen LogP contribution in [0.1, 0.15) is 12.5 Å². The number of hydrogen-bond donors (Lipinski definition) is 0. The fourth-order valence-corrected chi connectivity index (χ4v) is 2.95. The van der Waals surface area contributed by atoms with Gasteiger partial charge in [-0.25, -0.2) is 4.90 Å². The molecule has 2 aromatic rings. The lowest BCUT2D eigenvalue weighted by Gasteiger charge is -2.15. The van der Waals surface area contributed by atoms with Crippen LogP contribution in [0.3, 0.4) is 0 Å².